The van der Waals surface area contributed by atoms with Gasteiger partial charge >= 0.3 is 0 Å². The second kappa shape index (κ2) is 9.26. The van der Waals surface area contributed by atoms with Crippen molar-refractivity contribution in [1.29, 1.82) is 0 Å². The van der Waals surface area contributed by atoms with Crippen LogP contribution < -0.4 is 15.4 Å². The third kappa shape index (κ3) is 4.97. The number of para-hydroxylation sites is 2. The number of nitrogens with one attached hydrogen (secondary N) is 2. The SMILES string of the molecule is O=C(Nc1ccccc1OCC1CCCO1)c1cc(F)cc(NC(=O)C2CCC2)c1. The van der Waals surface area contributed by atoms with Gasteiger partial charge in [-0.2, -0.15) is 0 Å². The van der Waals surface area contributed by atoms with E-state index in [0.29, 0.717) is 18.0 Å². The summed E-state index contributed by atoms with van der Waals surface area (Å²) in [6.45, 7) is 1.15. The van der Waals surface area contributed by atoms with Crippen LogP contribution in [0, 0.1) is 11.7 Å². The molecule has 2 fully saturated rings. The van der Waals surface area contributed by atoms with Gasteiger partial charge in [0.15, 0.2) is 0 Å². The largest absolute Gasteiger partial charge is 0.489 e. The van der Waals surface area contributed by atoms with Gasteiger partial charge in [0.1, 0.15) is 18.2 Å². The van der Waals surface area contributed by atoms with Crippen LogP contribution in [0.25, 0.3) is 0 Å². The molecule has 2 aliphatic rings. The zero-order valence-corrected chi connectivity index (χ0v) is 16.7. The van der Waals surface area contributed by atoms with E-state index in [1.165, 1.54) is 12.1 Å². The standard InChI is InChI=1S/C23H25FN2O4/c24-17-11-16(12-18(13-17)25-22(27)15-5-3-6-15)23(28)26-20-8-1-2-9-21(20)30-14-19-7-4-10-29-19/h1-2,8-9,11-13,15,19H,3-7,10,14H2,(H,25,27)(H,26,28). The Morgan fingerprint density at radius 2 is 1.90 bits per heavy atom. The Labute approximate surface area is 174 Å². The summed E-state index contributed by atoms with van der Waals surface area (Å²) in [4.78, 5) is 24.9. The number of hydrogen-bond donors (Lipinski definition) is 2. The number of carbonyl (C=O) groups excluding carboxylic acids is 2. The smallest absolute Gasteiger partial charge is 0.255 e. The molecule has 0 bridgehead atoms. The van der Waals surface area contributed by atoms with Gasteiger partial charge in [-0.1, -0.05) is 18.6 Å². The van der Waals surface area contributed by atoms with Crippen molar-refractivity contribution in [3.63, 3.8) is 0 Å². The van der Waals surface area contributed by atoms with Crippen LogP contribution in [0.3, 0.4) is 0 Å². The fraction of sp³-hybridized carbons (Fsp3) is 0.391. The van der Waals surface area contributed by atoms with Crippen molar-refractivity contribution in [1.82, 2.24) is 0 Å². The van der Waals surface area contributed by atoms with Gasteiger partial charge < -0.3 is 20.1 Å². The molecule has 158 valence electrons. The van der Waals surface area contributed by atoms with Crippen molar-refractivity contribution in [3.8, 4) is 5.75 Å². The second-order valence-corrected chi connectivity index (χ2v) is 7.74. The molecule has 2 amide bonds. The van der Waals surface area contributed by atoms with Gasteiger partial charge in [-0.15, -0.1) is 0 Å². The Bertz CT molecular complexity index is 923. The Morgan fingerprint density at radius 3 is 2.63 bits per heavy atom. The Hall–Kier alpha value is -2.93. The lowest BCUT2D eigenvalue weighted by atomic mass is 9.85. The first-order valence-corrected chi connectivity index (χ1v) is 10.3. The van der Waals surface area contributed by atoms with Crippen molar-refractivity contribution in [3.05, 3.63) is 53.8 Å². The van der Waals surface area contributed by atoms with Gasteiger partial charge in [-0.25, -0.2) is 4.39 Å². The zero-order chi connectivity index (χ0) is 20.9. The summed E-state index contributed by atoms with van der Waals surface area (Å²) in [6, 6.07) is 10.9. The quantitative estimate of drug-likeness (QED) is 0.708. The maximum Gasteiger partial charge on any atom is 0.255 e. The molecule has 1 heterocycles. The molecule has 1 unspecified atom stereocenters. The molecular weight excluding hydrogens is 387 g/mol. The van der Waals surface area contributed by atoms with E-state index in [4.69, 9.17) is 9.47 Å². The number of benzene rings is 2. The minimum Gasteiger partial charge on any atom is -0.489 e. The van der Waals surface area contributed by atoms with E-state index < -0.39 is 11.7 Å². The van der Waals surface area contributed by atoms with Gasteiger partial charge in [0, 0.05) is 23.8 Å². The van der Waals surface area contributed by atoms with Crippen molar-refractivity contribution < 1.29 is 23.5 Å². The monoisotopic (exact) mass is 412 g/mol. The molecule has 7 heteroatoms. The molecule has 6 nitrogen and oxygen atoms in total. The molecule has 0 radical (unpaired) electrons. The van der Waals surface area contributed by atoms with Crippen molar-refractivity contribution in [2.24, 2.45) is 5.92 Å². The topological polar surface area (TPSA) is 76.7 Å². The van der Waals surface area contributed by atoms with Crippen LogP contribution in [-0.2, 0) is 9.53 Å². The van der Waals surface area contributed by atoms with E-state index in [9.17, 15) is 14.0 Å². The fourth-order valence-corrected chi connectivity index (χ4v) is 3.56. The highest BCUT2D eigenvalue weighted by molar-refractivity contribution is 6.06. The number of amides is 2. The first-order valence-electron chi connectivity index (χ1n) is 10.3. The average Bonchev–Trinajstić information content (AvgIpc) is 3.19. The summed E-state index contributed by atoms with van der Waals surface area (Å²) in [6.07, 6.45) is 4.75. The first-order chi connectivity index (χ1) is 14.6. The average molecular weight is 412 g/mol. The lowest BCUT2D eigenvalue weighted by molar-refractivity contribution is -0.122. The predicted octanol–water partition coefficient (Wildman–Crippen LogP) is 4.37. The third-order valence-electron chi connectivity index (χ3n) is 5.49. The number of anilines is 2. The molecule has 0 aromatic heterocycles. The molecular formula is C23H25FN2O4. The van der Waals surface area contributed by atoms with Gasteiger partial charge in [-0.3, -0.25) is 9.59 Å². The molecule has 1 saturated heterocycles. The van der Waals surface area contributed by atoms with E-state index >= 15 is 0 Å². The highest BCUT2D eigenvalue weighted by Crippen LogP contribution is 2.29. The number of halogens is 1. The van der Waals surface area contributed by atoms with Crippen LogP contribution in [0.15, 0.2) is 42.5 Å². The van der Waals surface area contributed by atoms with Gasteiger partial charge in [0.2, 0.25) is 5.91 Å². The summed E-state index contributed by atoms with van der Waals surface area (Å²) in [5, 5.41) is 5.48. The number of carbonyl (C=O) groups is 2. The number of rotatable bonds is 7. The van der Waals surface area contributed by atoms with Crippen LogP contribution in [-0.4, -0.2) is 31.1 Å². The molecule has 1 aliphatic carbocycles. The van der Waals surface area contributed by atoms with Crippen LogP contribution in [0.5, 0.6) is 5.75 Å². The minimum absolute atomic E-state index is 0.0292. The molecule has 1 saturated carbocycles. The molecule has 2 N–H and O–H groups in total. The second-order valence-electron chi connectivity index (χ2n) is 7.74. The molecule has 1 aliphatic heterocycles. The Morgan fingerprint density at radius 1 is 1.07 bits per heavy atom. The molecule has 0 spiro atoms. The minimum atomic E-state index is -0.588. The fourth-order valence-electron chi connectivity index (χ4n) is 3.56. The maximum absolute atomic E-state index is 14.1. The molecule has 1 atom stereocenters. The summed E-state index contributed by atoms with van der Waals surface area (Å²) in [7, 11) is 0. The van der Waals surface area contributed by atoms with Crippen molar-refractivity contribution in [2.75, 3.05) is 23.8 Å². The zero-order valence-electron chi connectivity index (χ0n) is 16.7. The highest BCUT2D eigenvalue weighted by atomic mass is 19.1. The van der Waals surface area contributed by atoms with Gasteiger partial charge in [-0.05, 0) is 56.0 Å². The van der Waals surface area contributed by atoms with E-state index in [1.807, 2.05) is 6.07 Å². The summed E-state index contributed by atoms with van der Waals surface area (Å²) >= 11 is 0. The van der Waals surface area contributed by atoms with Gasteiger partial charge in [0.25, 0.3) is 5.91 Å². The van der Waals surface area contributed by atoms with E-state index in [1.54, 1.807) is 18.2 Å². The highest BCUT2D eigenvalue weighted by Gasteiger charge is 2.25. The number of hydrogen-bond acceptors (Lipinski definition) is 4. The Kier molecular flexibility index (Phi) is 6.28. The molecule has 30 heavy (non-hydrogen) atoms. The van der Waals surface area contributed by atoms with E-state index in [0.717, 1.165) is 44.8 Å². The van der Waals surface area contributed by atoms with Gasteiger partial charge in [0.05, 0.1) is 11.8 Å². The predicted molar refractivity (Wildman–Crippen MR) is 111 cm³/mol. The van der Waals surface area contributed by atoms with Crippen LogP contribution in [0.4, 0.5) is 15.8 Å². The lowest BCUT2D eigenvalue weighted by Gasteiger charge is -2.24. The van der Waals surface area contributed by atoms with Crippen LogP contribution in [0.2, 0.25) is 0 Å². The maximum atomic E-state index is 14.1. The normalized spacial score (nSPS) is 18.5. The molecule has 2 aromatic rings. The van der Waals surface area contributed by atoms with Crippen molar-refractivity contribution in [2.45, 2.75) is 38.2 Å². The summed E-state index contributed by atoms with van der Waals surface area (Å²) < 4.78 is 25.5. The summed E-state index contributed by atoms with van der Waals surface area (Å²) in [5.41, 5.74) is 0.887. The van der Waals surface area contributed by atoms with E-state index in [2.05, 4.69) is 10.6 Å². The third-order valence-corrected chi connectivity index (χ3v) is 5.49. The van der Waals surface area contributed by atoms with Crippen molar-refractivity contribution >= 4 is 23.2 Å². The lowest BCUT2D eigenvalue weighted by Crippen LogP contribution is -2.28. The first kappa shape index (κ1) is 20.3. The van der Waals surface area contributed by atoms with E-state index in [-0.39, 0.29) is 29.2 Å². The summed E-state index contributed by atoms with van der Waals surface area (Å²) in [5.74, 6) is -0.711. The number of ether oxygens (including phenoxy) is 2. The Balaban J connectivity index is 1.43. The molecule has 4 rings (SSSR count). The molecule has 2 aromatic carbocycles. The van der Waals surface area contributed by atoms with Crippen LogP contribution >= 0.6 is 0 Å². The van der Waals surface area contributed by atoms with Crippen LogP contribution in [0.1, 0.15) is 42.5 Å².